The van der Waals surface area contributed by atoms with Gasteiger partial charge in [-0.3, -0.25) is 4.79 Å². The largest absolute Gasteiger partial charge is 0.481 e. The standard InChI is InChI=1S/C20H20FN3O2/c1-14(26-17-10-8-16(21)9-11-17)20(25)23-18(15-6-4-3-5-7-15)19-22-12-13-24(19)2/h3-14,18H,1-2H3,(H,23,25)/t14-,18-/m0/s1. The Labute approximate surface area is 151 Å². The lowest BCUT2D eigenvalue weighted by atomic mass is 10.1. The van der Waals surface area contributed by atoms with Crippen molar-refractivity contribution in [2.45, 2.75) is 19.1 Å². The summed E-state index contributed by atoms with van der Waals surface area (Å²) in [5.74, 6) is 0.514. The topological polar surface area (TPSA) is 56.1 Å². The van der Waals surface area contributed by atoms with Crippen molar-refractivity contribution in [3.8, 4) is 5.75 Å². The molecule has 1 aromatic heterocycles. The predicted octanol–water partition coefficient (Wildman–Crippen LogP) is 3.23. The van der Waals surface area contributed by atoms with E-state index < -0.39 is 12.1 Å². The summed E-state index contributed by atoms with van der Waals surface area (Å²) in [6.07, 6.45) is 2.78. The first-order valence-corrected chi connectivity index (χ1v) is 8.29. The molecule has 2 aromatic carbocycles. The Balaban J connectivity index is 1.77. The second-order valence-electron chi connectivity index (χ2n) is 5.96. The minimum absolute atomic E-state index is 0.286. The number of carbonyl (C=O) groups is 1. The molecule has 1 heterocycles. The number of hydrogen-bond acceptors (Lipinski definition) is 3. The number of nitrogens with one attached hydrogen (secondary N) is 1. The molecular formula is C20H20FN3O2. The van der Waals surface area contributed by atoms with Crippen molar-refractivity contribution >= 4 is 5.91 Å². The molecule has 26 heavy (non-hydrogen) atoms. The molecule has 3 aromatic rings. The van der Waals surface area contributed by atoms with Gasteiger partial charge in [0, 0.05) is 19.4 Å². The monoisotopic (exact) mass is 353 g/mol. The molecule has 2 atom stereocenters. The lowest BCUT2D eigenvalue weighted by Crippen LogP contribution is -2.39. The van der Waals surface area contributed by atoms with Gasteiger partial charge in [0.1, 0.15) is 23.4 Å². The zero-order valence-electron chi connectivity index (χ0n) is 14.6. The van der Waals surface area contributed by atoms with E-state index in [4.69, 9.17) is 4.74 Å². The molecule has 3 rings (SSSR count). The zero-order chi connectivity index (χ0) is 18.5. The van der Waals surface area contributed by atoms with E-state index in [9.17, 15) is 9.18 Å². The van der Waals surface area contributed by atoms with Crippen molar-refractivity contribution in [1.29, 1.82) is 0 Å². The van der Waals surface area contributed by atoms with Crippen molar-refractivity contribution in [3.05, 3.63) is 84.2 Å². The highest BCUT2D eigenvalue weighted by Crippen LogP contribution is 2.21. The second-order valence-corrected chi connectivity index (χ2v) is 5.96. The van der Waals surface area contributed by atoms with Crippen molar-refractivity contribution in [2.24, 2.45) is 7.05 Å². The van der Waals surface area contributed by atoms with Crippen LogP contribution in [0.25, 0.3) is 0 Å². The number of aryl methyl sites for hydroxylation is 1. The van der Waals surface area contributed by atoms with Crippen LogP contribution in [0.5, 0.6) is 5.75 Å². The Bertz CT molecular complexity index is 862. The number of nitrogens with zero attached hydrogens (tertiary/aromatic N) is 2. The number of imidazole rings is 1. The Morgan fingerprint density at radius 3 is 2.46 bits per heavy atom. The van der Waals surface area contributed by atoms with Gasteiger partial charge in [-0.1, -0.05) is 30.3 Å². The fourth-order valence-electron chi connectivity index (χ4n) is 2.63. The average Bonchev–Trinajstić information content (AvgIpc) is 3.07. The number of rotatable bonds is 6. The summed E-state index contributed by atoms with van der Waals surface area (Å²) in [6.45, 7) is 1.65. The van der Waals surface area contributed by atoms with Crippen molar-refractivity contribution in [3.63, 3.8) is 0 Å². The van der Waals surface area contributed by atoms with Crippen LogP contribution < -0.4 is 10.1 Å². The molecule has 0 bridgehead atoms. The maximum absolute atomic E-state index is 13.0. The molecule has 0 saturated carbocycles. The first kappa shape index (κ1) is 17.7. The number of halogens is 1. The molecule has 1 amide bonds. The zero-order valence-corrected chi connectivity index (χ0v) is 14.6. The van der Waals surface area contributed by atoms with Gasteiger partial charge in [0.25, 0.3) is 5.91 Å². The van der Waals surface area contributed by atoms with Gasteiger partial charge >= 0.3 is 0 Å². The van der Waals surface area contributed by atoms with E-state index in [1.165, 1.54) is 24.3 Å². The van der Waals surface area contributed by atoms with Gasteiger partial charge in [0.05, 0.1) is 0 Å². The molecule has 0 radical (unpaired) electrons. The highest BCUT2D eigenvalue weighted by atomic mass is 19.1. The molecule has 0 unspecified atom stereocenters. The van der Waals surface area contributed by atoms with Crippen LogP contribution in [0, 0.1) is 5.82 Å². The second kappa shape index (κ2) is 7.82. The highest BCUT2D eigenvalue weighted by molar-refractivity contribution is 5.81. The SMILES string of the molecule is C[C@H](Oc1ccc(F)cc1)C(=O)N[C@@H](c1ccccc1)c1nccn1C. The lowest BCUT2D eigenvalue weighted by Gasteiger charge is -2.22. The number of carbonyl (C=O) groups excluding carboxylic acids is 1. The van der Waals surface area contributed by atoms with Gasteiger partial charge in [-0.05, 0) is 36.8 Å². The highest BCUT2D eigenvalue weighted by Gasteiger charge is 2.24. The van der Waals surface area contributed by atoms with E-state index in [1.54, 1.807) is 13.1 Å². The minimum atomic E-state index is -0.744. The van der Waals surface area contributed by atoms with E-state index >= 15 is 0 Å². The van der Waals surface area contributed by atoms with Gasteiger partial charge in [0.15, 0.2) is 6.10 Å². The van der Waals surface area contributed by atoms with Crippen molar-refractivity contribution in [2.75, 3.05) is 0 Å². The Morgan fingerprint density at radius 2 is 1.85 bits per heavy atom. The summed E-state index contributed by atoms with van der Waals surface area (Å²) in [5, 5.41) is 2.99. The quantitative estimate of drug-likeness (QED) is 0.740. The maximum atomic E-state index is 13.0. The summed E-state index contributed by atoms with van der Waals surface area (Å²) < 4.78 is 20.5. The van der Waals surface area contributed by atoms with E-state index in [1.807, 2.05) is 48.1 Å². The smallest absolute Gasteiger partial charge is 0.261 e. The van der Waals surface area contributed by atoms with Crippen LogP contribution in [-0.4, -0.2) is 21.6 Å². The Hall–Kier alpha value is -3.15. The fraction of sp³-hybridized carbons (Fsp3) is 0.200. The van der Waals surface area contributed by atoms with Crippen LogP contribution in [0.3, 0.4) is 0 Å². The maximum Gasteiger partial charge on any atom is 0.261 e. The first-order chi connectivity index (χ1) is 12.5. The van der Waals surface area contributed by atoms with Crippen LogP contribution in [0.4, 0.5) is 4.39 Å². The molecule has 0 aliphatic carbocycles. The van der Waals surface area contributed by atoms with Crippen LogP contribution in [0.15, 0.2) is 67.0 Å². The summed E-state index contributed by atoms with van der Waals surface area (Å²) in [5.41, 5.74) is 0.920. The molecule has 0 fully saturated rings. The number of ether oxygens (including phenoxy) is 1. The third-order valence-electron chi connectivity index (χ3n) is 4.03. The number of hydrogen-bond donors (Lipinski definition) is 1. The van der Waals surface area contributed by atoms with Crippen LogP contribution in [0.1, 0.15) is 24.4 Å². The number of amides is 1. The molecule has 1 N–H and O–H groups in total. The first-order valence-electron chi connectivity index (χ1n) is 8.29. The van der Waals surface area contributed by atoms with E-state index in [0.717, 1.165) is 11.4 Å². The normalized spacial score (nSPS) is 13.0. The summed E-state index contributed by atoms with van der Waals surface area (Å²) >= 11 is 0. The third-order valence-corrected chi connectivity index (χ3v) is 4.03. The molecule has 6 heteroatoms. The molecule has 134 valence electrons. The molecule has 0 aliphatic heterocycles. The van der Waals surface area contributed by atoms with E-state index in [0.29, 0.717) is 5.75 Å². The summed E-state index contributed by atoms with van der Waals surface area (Å²) in [6, 6.07) is 14.8. The van der Waals surface area contributed by atoms with Gasteiger partial charge < -0.3 is 14.6 Å². The molecule has 0 spiro atoms. The molecule has 0 aliphatic rings. The van der Waals surface area contributed by atoms with Crippen LogP contribution in [-0.2, 0) is 11.8 Å². The van der Waals surface area contributed by atoms with Gasteiger partial charge in [0.2, 0.25) is 0 Å². The van der Waals surface area contributed by atoms with Crippen LogP contribution >= 0.6 is 0 Å². The fourth-order valence-corrected chi connectivity index (χ4v) is 2.63. The third kappa shape index (κ3) is 4.08. The van der Waals surface area contributed by atoms with Gasteiger partial charge in [-0.15, -0.1) is 0 Å². The van der Waals surface area contributed by atoms with Gasteiger partial charge in [-0.2, -0.15) is 0 Å². The number of benzene rings is 2. The molecule has 0 saturated heterocycles. The van der Waals surface area contributed by atoms with E-state index in [-0.39, 0.29) is 11.7 Å². The minimum Gasteiger partial charge on any atom is -0.481 e. The van der Waals surface area contributed by atoms with E-state index in [2.05, 4.69) is 10.3 Å². The molecular weight excluding hydrogens is 333 g/mol. The summed E-state index contributed by atoms with van der Waals surface area (Å²) in [7, 11) is 1.88. The Kier molecular flexibility index (Phi) is 5.31. The number of aromatic nitrogens is 2. The van der Waals surface area contributed by atoms with Crippen molar-refractivity contribution < 1.29 is 13.9 Å². The lowest BCUT2D eigenvalue weighted by molar-refractivity contribution is -0.127. The average molecular weight is 353 g/mol. The Morgan fingerprint density at radius 1 is 1.15 bits per heavy atom. The predicted molar refractivity (Wildman–Crippen MR) is 96.1 cm³/mol. The van der Waals surface area contributed by atoms with Crippen LogP contribution in [0.2, 0.25) is 0 Å². The molecule has 5 nitrogen and oxygen atoms in total. The van der Waals surface area contributed by atoms with Gasteiger partial charge in [-0.25, -0.2) is 9.37 Å². The summed E-state index contributed by atoms with van der Waals surface area (Å²) in [4.78, 5) is 17.0. The van der Waals surface area contributed by atoms with Crippen molar-refractivity contribution in [1.82, 2.24) is 14.9 Å².